The van der Waals surface area contributed by atoms with Crippen LogP contribution in [-0.2, 0) is 4.79 Å². The van der Waals surface area contributed by atoms with Gasteiger partial charge in [0.25, 0.3) is 11.7 Å². The minimum atomic E-state index is -0.966. The lowest BCUT2D eigenvalue weighted by Gasteiger charge is -1.99. The van der Waals surface area contributed by atoms with Crippen molar-refractivity contribution >= 4 is 22.6 Å². The molecule has 2 rings (SSSR count). The maximum absolute atomic E-state index is 11.3. The molecule has 1 amide bonds. The Balaban J connectivity index is 2.56. The Bertz CT molecular complexity index is 549. The van der Waals surface area contributed by atoms with Crippen LogP contribution in [0.2, 0.25) is 0 Å². The van der Waals surface area contributed by atoms with Gasteiger partial charge in [0.2, 0.25) is 0 Å². The zero-order chi connectivity index (χ0) is 10.8. The van der Waals surface area contributed by atoms with E-state index in [4.69, 9.17) is 5.73 Å². The zero-order valence-corrected chi connectivity index (χ0v) is 7.81. The molecule has 0 fully saturated rings. The Morgan fingerprint density at radius 2 is 1.93 bits per heavy atom. The molecule has 2 aromatic rings. The molecular formula is C11H8N2O2. The summed E-state index contributed by atoms with van der Waals surface area (Å²) < 4.78 is 0. The number of carbonyl (C=O) groups is 2. The normalized spacial score (nSPS) is 10.1. The van der Waals surface area contributed by atoms with E-state index in [1.54, 1.807) is 6.07 Å². The van der Waals surface area contributed by atoms with Gasteiger partial charge < -0.3 is 5.73 Å². The molecule has 0 saturated carbocycles. The standard InChI is InChI=1S/C11H8N2O2/c12-11(15)10(14)8-5-7-3-1-2-4-9(7)13-6-8/h1-6H,(H2,12,15). The van der Waals surface area contributed by atoms with Crippen molar-refractivity contribution in [1.29, 1.82) is 0 Å². The van der Waals surface area contributed by atoms with Gasteiger partial charge in [-0.2, -0.15) is 0 Å². The predicted molar refractivity (Wildman–Crippen MR) is 55.3 cm³/mol. The molecule has 0 unspecified atom stereocenters. The lowest BCUT2D eigenvalue weighted by molar-refractivity contribution is -0.114. The molecule has 1 aromatic heterocycles. The van der Waals surface area contributed by atoms with Crippen LogP contribution in [0.15, 0.2) is 36.5 Å². The number of amides is 1. The molecule has 2 N–H and O–H groups in total. The van der Waals surface area contributed by atoms with Crippen molar-refractivity contribution in [3.8, 4) is 0 Å². The fourth-order valence-corrected chi connectivity index (χ4v) is 1.34. The van der Waals surface area contributed by atoms with Crippen LogP contribution >= 0.6 is 0 Å². The summed E-state index contributed by atoms with van der Waals surface area (Å²) in [4.78, 5) is 26.0. The van der Waals surface area contributed by atoms with Crippen molar-refractivity contribution in [2.24, 2.45) is 5.73 Å². The quantitative estimate of drug-likeness (QED) is 0.578. The first kappa shape index (κ1) is 9.33. The summed E-state index contributed by atoms with van der Waals surface area (Å²) in [5.41, 5.74) is 5.90. The number of hydrogen-bond donors (Lipinski definition) is 1. The highest BCUT2D eigenvalue weighted by Crippen LogP contribution is 2.12. The third-order valence-electron chi connectivity index (χ3n) is 2.08. The van der Waals surface area contributed by atoms with E-state index in [9.17, 15) is 9.59 Å². The van der Waals surface area contributed by atoms with Gasteiger partial charge in [-0.3, -0.25) is 14.6 Å². The van der Waals surface area contributed by atoms with Crippen LogP contribution in [0.25, 0.3) is 10.9 Å². The number of ketones is 1. The summed E-state index contributed by atoms with van der Waals surface area (Å²) in [6.07, 6.45) is 1.36. The fraction of sp³-hybridized carbons (Fsp3) is 0. The average Bonchev–Trinajstić information content (AvgIpc) is 2.27. The van der Waals surface area contributed by atoms with Crippen LogP contribution in [0, 0.1) is 0 Å². The molecule has 0 aliphatic carbocycles. The minimum absolute atomic E-state index is 0.223. The molecular weight excluding hydrogens is 192 g/mol. The van der Waals surface area contributed by atoms with Gasteiger partial charge in [-0.15, -0.1) is 0 Å². The maximum Gasteiger partial charge on any atom is 0.289 e. The number of pyridine rings is 1. The molecule has 0 bridgehead atoms. The Kier molecular flexibility index (Phi) is 2.17. The van der Waals surface area contributed by atoms with E-state index in [2.05, 4.69) is 4.98 Å². The summed E-state index contributed by atoms with van der Waals surface area (Å²) in [6.45, 7) is 0. The van der Waals surface area contributed by atoms with Crippen LogP contribution in [0.5, 0.6) is 0 Å². The average molecular weight is 200 g/mol. The largest absolute Gasteiger partial charge is 0.363 e. The molecule has 0 saturated heterocycles. The van der Waals surface area contributed by atoms with Crippen molar-refractivity contribution in [3.63, 3.8) is 0 Å². The van der Waals surface area contributed by atoms with Gasteiger partial charge in [-0.05, 0) is 12.1 Å². The first-order valence-electron chi connectivity index (χ1n) is 4.37. The molecule has 0 aliphatic rings. The molecule has 1 heterocycles. The number of nitrogens with zero attached hydrogens (tertiary/aromatic N) is 1. The Hall–Kier alpha value is -2.23. The fourth-order valence-electron chi connectivity index (χ4n) is 1.34. The highest BCUT2D eigenvalue weighted by molar-refractivity contribution is 6.42. The second kappa shape index (κ2) is 3.49. The number of rotatable bonds is 2. The van der Waals surface area contributed by atoms with Crippen molar-refractivity contribution in [2.75, 3.05) is 0 Å². The second-order valence-electron chi connectivity index (χ2n) is 3.11. The van der Waals surface area contributed by atoms with E-state index in [-0.39, 0.29) is 5.56 Å². The molecule has 15 heavy (non-hydrogen) atoms. The van der Waals surface area contributed by atoms with Gasteiger partial charge in [0.05, 0.1) is 5.52 Å². The number of benzene rings is 1. The van der Waals surface area contributed by atoms with Gasteiger partial charge in [0.1, 0.15) is 0 Å². The molecule has 1 aromatic carbocycles. The Morgan fingerprint density at radius 1 is 1.20 bits per heavy atom. The number of nitrogens with two attached hydrogens (primary N) is 1. The zero-order valence-electron chi connectivity index (χ0n) is 7.81. The molecule has 0 atom stereocenters. The van der Waals surface area contributed by atoms with Gasteiger partial charge in [0.15, 0.2) is 0 Å². The highest BCUT2D eigenvalue weighted by Gasteiger charge is 2.12. The van der Waals surface area contributed by atoms with Crippen molar-refractivity contribution in [2.45, 2.75) is 0 Å². The van der Waals surface area contributed by atoms with Crippen LogP contribution in [-0.4, -0.2) is 16.7 Å². The molecule has 4 heteroatoms. The lowest BCUT2D eigenvalue weighted by atomic mass is 10.1. The van der Waals surface area contributed by atoms with Crippen LogP contribution in [0.4, 0.5) is 0 Å². The number of aromatic nitrogens is 1. The van der Waals surface area contributed by atoms with Gasteiger partial charge in [0, 0.05) is 17.1 Å². The van der Waals surface area contributed by atoms with E-state index < -0.39 is 11.7 Å². The maximum atomic E-state index is 11.3. The van der Waals surface area contributed by atoms with E-state index in [0.29, 0.717) is 0 Å². The van der Waals surface area contributed by atoms with Gasteiger partial charge >= 0.3 is 0 Å². The Morgan fingerprint density at radius 3 is 2.67 bits per heavy atom. The smallest absolute Gasteiger partial charge is 0.289 e. The number of Topliss-reactive ketones (excluding diaryl/α,β-unsaturated/α-hetero) is 1. The van der Waals surface area contributed by atoms with Crippen molar-refractivity contribution in [1.82, 2.24) is 4.98 Å². The molecule has 74 valence electrons. The first-order valence-corrected chi connectivity index (χ1v) is 4.37. The van der Waals surface area contributed by atoms with Crippen LogP contribution in [0.1, 0.15) is 10.4 Å². The molecule has 0 radical (unpaired) electrons. The highest BCUT2D eigenvalue weighted by atomic mass is 16.2. The number of para-hydroxylation sites is 1. The lowest BCUT2D eigenvalue weighted by Crippen LogP contribution is -2.23. The summed E-state index contributed by atoms with van der Waals surface area (Å²) in [6, 6.07) is 8.94. The third-order valence-corrected chi connectivity index (χ3v) is 2.08. The number of fused-ring (bicyclic) bond motifs is 1. The topological polar surface area (TPSA) is 73.1 Å². The summed E-state index contributed by atoms with van der Waals surface area (Å²) in [7, 11) is 0. The van der Waals surface area contributed by atoms with Crippen LogP contribution in [0.3, 0.4) is 0 Å². The van der Waals surface area contributed by atoms with Gasteiger partial charge in [-0.1, -0.05) is 18.2 Å². The molecule has 0 aliphatic heterocycles. The summed E-state index contributed by atoms with van der Waals surface area (Å²) in [5, 5.41) is 0.810. The molecule has 4 nitrogen and oxygen atoms in total. The number of primary amides is 1. The monoisotopic (exact) mass is 200 g/mol. The van der Waals surface area contributed by atoms with E-state index in [0.717, 1.165) is 10.9 Å². The predicted octanol–water partition coefficient (Wildman–Crippen LogP) is 0.903. The third kappa shape index (κ3) is 1.69. The molecule has 0 spiro atoms. The number of carbonyl (C=O) groups excluding carboxylic acids is 2. The minimum Gasteiger partial charge on any atom is -0.363 e. The van der Waals surface area contributed by atoms with Crippen LogP contribution < -0.4 is 5.73 Å². The summed E-state index contributed by atoms with van der Waals surface area (Å²) >= 11 is 0. The number of hydrogen-bond acceptors (Lipinski definition) is 3. The SMILES string of the molecule is NC(=O)C(=O)c1cnc2ccccc2c1. The second-order valence-corrected chi connectivity index (χ2v) is 3.11. The Labute approximate surface area is 85.7 Å². The van der Waals surface area contributed by atoms with Gasteiger partial charge in [-0.25, -0.2) is 0 Å². The first-order chi connectivity index (χ1) is 7.18. The summed E-state index contributed by atoms with van der Waals surface area (Å²) in [5.74, 6) is -1.68. The van der Waals surface area contributed by atoms with Crippen molar-refractivity contribution in [3.05, 3.63) is 42.1 Å². The van der Waals surface area contributed by atoms with Crippen molar-refractivity contribution < 1.29 is 9.59 Å². The van der Waals surface area contributed by atoms with E-state index in [1.165, 1.54) is 6.20 Å². The van der Waals surface area contributed by atoms with E-state index >= 15 is 0 Å². The van der Waals surface area contributed by atoms with E-state index in [1.807, 2.05) is 24.3 Å².